The number of nitrogens with zero attached hydrogens (tertiary/aromatic N) is 3. The molecule has 2 N–H and O–H groups in total. The quantitative estimate of drug-likeness (QED) is 0.868. The van der Waals surface area contributed by atoms with Crippen molar-refractivity contribution in [3.05, 3.63) is 16.9 Å². The first-order valence-corrected chi connectivity index (χ1v) is 6.01. The molecule has 0 spiro atoms. The fourth-order valence-corrected chi connectivity index (χ4v) is 2.48. The molecule has 0 aliphatic carbocycles. The fraction of sp³-hybridized carbons (Fsp3) is 0.727. The van der Waals surface area contributed by atoms with E-state index in [1.807, 2.05) is 11.7 Å². The minimum atomic E-state index is 0.269. The molecule has 1 atom stereocenters. The average molecular weight is 243 g/mol. The van der Waals surface area contributed by atoms with Crippen molar-refractivity contribution >= 4 is 11.6 Å². The van der Waals surface area contributed by atoms with E-state index in [0.717, 1.165) is 36.9 Å². The third kappa shape index (κ3) is 2.24. The molecule has 0 aromatic carbocycles. The van der Waals surface area contributed by atoms with Crippen molar-refractivity contribution < 1.29 is 0 Å². The van der Waals surface area contributed by atoms with E-state index in [1.54, 1.807) is 6.20 Å². The van der Waals surface area contributed by atoms with Gasteiger partial charge < -0.3 is 5.73 Å². The van der Waals surface area contributed by atoms with Gasteiger partial charge in [0.15, 0.2) is 0 Å². The number of rotatable bonds is 3. The van der Waals surface area contributed by atoms with Crippen LogP contribution < -0.4 is 5.73 Å². The summed E-state index contributed by atoms with van der Waals surface area (Å²) in [7, 11) is 1.93. The fourth-order valence-electron chi connectivity index (χ4n) is 2.25. The Balaban J connectivity index is 2.02. The Morgan fingerprint density at radius 3 is 2.88 bits per heavy atom. The molecule has 90 valence electrons. The highest BCUT2D eigenvalue weighted by Crippen LogP contribution is 2.30. The molecule has 0 amide bonds. The third-order valence-corrected chi connectivity index (χ3v) is 3.83. The van der Waals surface area contributed by atoms with E-state index in [4.69, 9.17) is 17.3 Å². The number of aryl methyl sites for hydroxylation is 1. The second kappa shape index (κ2) is 4.35. The highest BCUT2D eigenvalue weighted by molar-refractivity contribution is 6.31. The number of hydrogen-bond donors (Lipinski definition) is 1. The monoisotopic (exact) mass is 242 g/mol. The van der Waals surface area contributed by atoms with E-state index < -0.39 is 0 Å². The molecule has 1 aromatic rings. The number of aromatic nitrogens is 2. The third-order valence-electron chi connectivity index (χ3n) is 3.51. The van der Waals surface area contributed by atoms with E-state index in [0.29, 0.717) is 0 Å². The van der Waals surface area contributed by atoms with Crippen LogP contribution in [-0.4, -0.2) is 34.3 Å². The predicted octanol–water partition coefficient (Wildman–Crippen LogP) is 1.24. The molecule has 1 saturated heterocycles. The molecule has 0 saturated carbocycles. The average Bonchev–Trinajstić information content (AvgIpc) is 2.78. The van der Waals surface area contributed by atoms with Crippen LogP contribution in [0, 0.1) is 5.41 Å². The molecular formula is C11H19ClN4. The second-order valence-corrected chi connectivity index (χ2v) is 5.45. The Kier molecular flexibility index (Phi) is 3.24. The summed E-state index contributed by atoms with van der Waals surface area (Å²) in [6.07, 6.45) is 2.87. The van der Waals surface area contributed by atoms with E-state index in [-0.39, 0.29) is 5.41 Å². The Labute approximate surface area is 101 Å². The van der Waals surface area contributed by atoms with Gasteiger partial charge in [-0.05, 0) is 24.9 Å². The summed E-state index contributed by atoms with van der Waals surface area (Å²) in [4.78, 5) is 2.40. The van der Waals surface area contributed by atoms with Crippen molar-refractivity contribution in [2.45, 2.75) is 19.9 Å². The van der Waals surface area contributed by atoms with Crippen LogP contribution >= 0.6 is 11.6 Å². The van der Waals surface area contributed by atoms with Crippen molar-refractivity contribution in [2.24, 2.45) is 18.2 Å². The van der Waals surface area contributed by atoms with Crippen molar-refractivity contribution in [1.82, 2.24) is 14.7 Å². The van der Waals surface area contributed by atoms with Gasteiger partial charge in [-0.2, -0.15) is 5.10 Å². The smallest absolute Gasteiger partial charge is 0.0831 e. The lowest BCUT2D eigenvalue weighted by Crippen LogP contribution is -2.31. The van der Waals surface area contributed by atoms with Gasteiger partial charge >= 0.3 is 0 Å². The molecule has 1 fully saturated rings. The van der Waals surface area contributed by atoms with Crippen molar-refractivity contribution in [3.63, 3.8) is 0 Å². The van der Waals surface area contributed by atoms with E-state index >= 15 is 0 Å². The van der Waals surface area contributed by atoms with Crippen molar-refractivity contribution in [1.29, 1.82) is 0 Å². The first kappa shape index (κ1) is 11.9. The van der Waals surface area contributed by atoms with Crippen molar-refractivity contribution in [3.8, 4) is 0 Å². The Bertz CT molecular complexity index is 357. The molecular weight excluding hydrogens is 224 g/mol. The zero-order chi connectivity index (χ0) is 11.8. The van der Waals surface area contributed by atoms with Crippen LogP contribution in [-0.2, 0) is 13.6 Å². The molecule has 1 unspecified atom stereocenters. The van der Waals surface area contributed by atoms with Crippen LogP contribution in [0.25, 0.3) is 0 Å². The molecule has 1 aliphatic heterocycles. The maximum atomic E-state index is 6.09. The summed E-state index contributed by atoms with van der Waals surface area (Å²) >= 11 is 6.09. The largest absolute Gasteiger partial charge is 0.330 e. The first-order valence-electron chi connectivity index (χ1n) is 5.63. The highest BCUT2D eigenvalue weighted by Gasteiger charge is 2.32. The number of halogens is 1. The lowest BCUT2D eigenvalue weighted by molar-refractivity contribution is 0.269. The summed E-state index contributed by atoms with van der Waals surface area (Å²) < 4.78 is 1.85. The molecule has 16 heavy (non-hydrogen) atoms. The Morgan fingerprint density at radius 1 is 1.62 bits per heavy atom. The van der Waals surface area contributed by atoms with Crippen LogP contribution in [0.1, 0.15) is 19.0 Å². The molecule has 1 aliphatic rings. The van der Waals surface area contributed by atoms with Gasteiger partial charge in [-0.15, -0.1) is 0 Å². The van der Waals surface area contributed by atoms with Gasteiger partial charge in [0.25, 0.3) is 0 Å². The van der Waals surface area contributed by atoms with Gasteiger partial charge in [0.2, 0.25) is 0 Å². The van der Waals surface area contributed by atoms with E-state index in [9.17, 15) is 0 Å². The SMILES string of the molecule is Cn1ncc(Cl)c1CN1CCC(C)(CN)C1. The summed E-state index contributed by atoms with van der Waals surface area (Å²) in [6.45, 7) is 6.01. The summed E-state index contributed by atoms with van der Waals surface area (Å²) in [5.74, 6) is 0. The zero-order valence-electron chi connectivity index (χ0n) is 9.91. The van der Waals surface area contributed by atoms with Crippen LogP contribution in [0.15, 0.2) is 6.20 Å². The zero-order valence-corrected chi connectivity index (χ0v) is 10.7. The molecule has 4 nitrogen and oxygen atoms in total. The van der Waals surface area contributed by atoms with E-state index in [2.05, 4.69) is 16.9 Å². The lowest BCUT2D eigenvalue weighted by Gasteiger charge is -2.22. The Hall–Kier alpha value is -0.580. The normalized spacial score (nSPS) is 26.5. The van der Waals surface area contributed by atoms with Gasteiger partial charge in [0.05, 0.1) is 16.9 Å². The number of nitrogens with two attached hydrogens (primary N) is 1. The minimum Gasteiger partial charge on any atom is -0.330 e. The minimum absolute atomic E-state index is 0.269. The van der Waals surface area contributed by atoms with Crippen molar-refractivity contribution in [2.75, 3.05) is 19.6 Å². The second-order valence-electron chi connectivity index (χ2n) is 5.04. The number of hydrogen-bond acceptors (Lipinski definition) is 3. The topological polar surface area (TPSA) is 47.1 Å². The predicted molar refractivity (Wildman–Crippen MR) is 65.3 cm³/mol. The molecule has 5 heteroatoms. The van der Waals surface area contributed by atoms with Gasteiger partial charge in [0, 0.05) is 20.1 Å². The summed E-state index contributed by atoms with van der Waals surface area (Å²) in [5.41, 5.74) is 7.15. The lowest BCUT2D eigenvalue weighted by atomic mass is 9.90. The van der Waals surface area contributed by atoms with Crippen LogP contribution in [0.4, 0.5) is 0 Å². The number of likely N-dealkylation sites (tertiary alicyclic amines) is 1. The van der Waals surface area contributed by atoms with Gasteiger partial charge in [-0.1, -0.05) is 18.5 Å². The first-order chi connectivity index (χ1) is 7.54. The molecule has 0 bridgehead atoms. The molecule has 2 heterocycles. The van der Waals surface area contributed by atoms with Gasteiger partial charge in [-0.3, -0.25) is 9.58 Å². The van der Waals surface area contributed by atoms with E-state index in [1.165, 1.54) is 6.42 Å². The van der Waals surface area contributed by atoms with Crippen LogP contribution in [0.3, 0.4) is 0 Å². The molecule has 1 aromatic heterocycles. The van der Waals surface area contributed by atoms with Gasteiger partial charge in [-0.25, -0.2) is 0 Å². The molecule has 0 radical (unpaired) electrons. The standard InChI is InChI=1S/C11H19ClN4/c1-11(7-13)3-4-16(8-11)6-10-9(12)5-14-15(10)2/h5H,3-4,6-8,13H2,1-2H3. The summed E-state index contributed by atoms with van der Waals surface area (Å²) in [6, 6.07) is 0. The van der Waals surface area contributed by atoms with Gasteiger partial charge in [0.1, 0.15) is 0 Å². The summed E-state index contributed by atoms with van der Waals surface area (Å²) in [5, 5.41) is 4.90. The maximum absolute atomic E-state index is 6.09. The van der Waals surface area contributed by atoms with Crippen LogP contribution in [0.2, 0.25) is 5.02 Å². The highest BCUT2D eigenvalue weighted by atomic mass is 35.5. The van der Waals surface area contributed by atoms with Crippen LogP contribution in [0.5, 0.6) is 0 Å². The molecule has 2 rings (SSSR count). The maximum Gasteiger partial charge on any atom is 0.0831 e. The Morgan fingerprint density at radius 2 is 2.38 bits per heavy atom.